The normalized spacial score (nSPS) is 10.5. The smallest absolute Gasteiger partial charge is 0.339 e. The van der Waals surface area contributed by atoms with Crippen molar-refractivity contribution in [1.82, 2.24) is 0 Å². The molecule has 0 aliphatic rings. The molecule has 2 rings (SSSR count). The zero-order valence-electron chi connectivity index (χ0n) is 13.1. The molecule has 4 heteroatoms. The number of ether oxygens (including phenoxy) is 2. The molecule has 0 atom stereocenters. The minimum atomic E-state index is -1.01. The van der Waals surface area contributed by atoms with Crippen LogP contribution in [0.2, 0.25) is 0 Å². The van der Waals surface area contributed by atoms with Crippen LogP contribution in [0, 0.1) is 13.8 Å². The number of carboxylic acids is 1. The van der Waals surface area contributed by atoms with Gasteiger partial charge in [0.25, 0.3) is 0 Å². The van der Waals surface area contributed by atoms with E-state index in [1.165, 1.54) is 18.2 Å². The largest absolute Gasteiger partial charge is 0.496 e. The molecule has 0 radical (unpaired) electrons. The van der Waals surface area contributed by atoms with Crippen LogP contribution >= 0.6 is 0 Å². The standard InChI is InChI=1S/C18H20O4/c1-12-7-8-14(13(2)9-12)10-22-11-15-5-4-6-16(21-3)17(15)18(19)20/h4-9H,10-11H2,1-3H3,(H,19,20). The Morgan fingerprint density at radius 3 is 2.45 bits per heavy atom. The molecule has 0 saturated heterocycles. The van der Waals surface area contributed by atoms with Gasteiger partial charge in [0.05, 0.1) is 20.3 Å². The van der Waals surface area contributed by atoms with Gasteiger partial charge < -0.3 is 14.6 Å². The second-order valence-electron chi connectivity index (χ2n) is 5.22. The summed E-state index contributed by atoms with van der Waals surface area (Å²) in [5.74, 6) is -0.664. The summed E-state index contributed by atoms with van der Waals surface area (Å²) in [5.41, 5.74) is 4.25. The molecule has 0 heterocycles. The SMILES string of the molecule is COc1cccc(COCc2ccc(C)cc2C)c1C(=O)O. The van der Waals surface area contributed by atoms with Crippen molar-refractivity contribution >= 4 is 5.97 Å². The average molecular weight is 300 g/mol. The summed E-state index contributed by atoms with van der Waals surface area (Å²) < 4.78 is 10.8. The van der Waals surface area contributed by atoms with Gasteiger partial charge in [-0.15, -0.1) is 0 Å². The minimum absolute atomic E-state index is 0.158. The third-order valence-electron chi connectivity index (χ3n) is 3.56. The van der Waals surface area contributed by atoms with Crippen molar-refractivity contribution in [1.29, 1.82) is 0 Å². The molecule has 4 nitrogen and oxygen atoms in total. The molecular formula is C18H20O4. The van der Waals surface area contributed by atoms with Gasteiger partial charge >= 0.3 is 5.97 Å². The summed E-state index contributed by atoms with van der Waals surface area (Å²) in [4.78, 5) is 11.4. The van der Waals surface area contributed by atoms with E-state index in [0.717, 1.165) is 5.56 Å². The van der Waals surface area contributed by atoms with E-state index in [2.05, 4.69) is 6.07 Å². The van der Waals surface area contributed by atoms with Crippen LogP contribution < -0.4 is 4.74 Å². The van der Waals surface area contributed by atoms with Crippen molar-refractivity contribution in [2.45, 2.75) is 27.1 Å². The van der Waals surface area contributed by atoms with Crippen LogP contribution in [0.4, 0.5) is 0 Å². The van der Waals surface area contributed by atoms with Gasteiger partial charge in [-0.05, 0) is 36.6 Å². The summed E-state index contributed by atoms with van der Waals surface area (Å²) in [6.45, 7) is 4.77. The van der Waals surface area contributed by atoms with E-state index in [1.807, 2.05) is 26.0 Å². The van der Waals surface area contributed by atoms with Crippen LogP contribution in [0.15, 0.2) is 36.4 Å². The van der Waals surface area contributed by atoms with E-state index < -0.39 is 5.97 Å². The Labute approximate surface area is 130 Å². The predicted molar refractivity (Wildman–Crippen MR) is 84.4 cm³/mol. The first kappa shape index (κ1) is 16.0. The number of hydrogen-bond donors (Lipinski definition) is 1. The molecule has 0 unspecified atom stereocenters. The van der Waals surface area contributed by atoms with Crippen LogP contribution in [0.25, 0.3) is 0 Å². The van der Waals surface area contributed by atoms with Gasteiger partial charge in [-0.1, -0.05) is 35.9 Å². The first-order valence-electron chi connectivity index (χ1n) is 7.06. The lowest BCUT2D eigenvalue weighted by Crippen LogP contribution is -2.07. The Morgan fingerprint density at radius 2 is 1.82 bits per heavy atom. The number of rotatable bonds is 6. The Bertz CT molecular complexity index is 677. The van der Waals surface area contributed by atoms with Crippen molar-refractivity contribution < 1.29 is 19.4 Å². The fraction of sp³-hybridized carbons (Fsp3) is 0.278. The second kappa shape index (κ2) is 7.09. The van der Waals surface area contributed by atoms with Crippen molar-refractivity contribution in [3.63, 3.8) is 0 Å². The molecule has 2 aromatic carbocycles. The zero-order valence-corrected chi connectivity index (χ0v) is 13.1. The third-order valence-corrected chi connectivity index (χ3v) is 3.56. The summed E-state index contributed by atoms with van der Waals surface area (Å²) in [5, 5.41) is 9.33. The highest BCUT2D eigenvalue weighted by molar-refractivity contribution is 5.92. The Kier molecular flexibility index (Phi) is 5.17. The Hall–Kier alpha value is -2.33. The van der Waals surface area contributed by atoms with Gasteiger partial charge in [0.1, 0.15) is 11.3 Å². The summed E-state index contributed by atoms with van der Waals surface area (Å²) in [6, 6.07) is 11.3. The van der Waals surface area contributed by atoms with Crippen LogP contribution in [0.3, 0.4) is 0 Å². The van der Waals surface area contributed by atoms with Crippen molar-refractivity contribution in [2.75, 3.05) is 7.11 Å². The number of carbonyl (C=O) groups is 1. The summed E-state index contributed by atoms with van der Waals surface area (Å²) in [7, 11) is 1.46. The van der Waals surface area contributed by atoms with E-state index >= 15 is 0 Å². The number of benzene rings is 2. The average Bonchev–Trinajstić information content (AvgIpc) is 2.48. The fourth-order valence-electron chi connectivity index (χ4n) is 2.39. The maximum absolute atomic E-state index is 11.4. The summed E-state index contributed by atoms with van der Waals surface area (Å²) in [6.07, 6.45) is 0. The van der Waals surface area contributed by atoms with Gasteiger partial charge in [0.2, 0.25) is 0 Å². The molecule has 0 spiro atoms. The fourth-order valence-corrected chi connectivity index (χ4v) is 2.39. The third kappa shape index (κ3) is 3.65. The molecule has 0 aliphatic carbocycles. The lowest BCUT2D eigenvalue weighted by molar-refractivity contribution is 0.0680. The van der Waals surface area contributed by atoms with E-state index in [-0.39, 0.29) is 12.2 Å². The molecule has 1 N–H and O–H groups in total. The Morgan fingerprint density at radius 1 is 1.09 bits per heavy atom. The quantitative estimate of drug-likeness (QED) is 0.883. The van der Waals surface area contributed by atoms with Crippen molar-refractivity contribution in [2.24, 2.45) is 0 Å². The highest BCUT2D eigenvalue weighted by atomic mass is 16.5. The number of hydrogen-bond acceptors (Lipinski definition) is 3. The van der Waals surface area contributed by atoms with Crippen molar-refractivity contribution in [3.05, 3.63) is 64.2 Å². The predicted octanol–water partition coefficient (Wildman–Crippen LogP) is 3.73. The van der Waals surface area contributed by atoms with Gasteiger partial charge in [-0.25, -0.2) is 4.79 Å². The molecule has 0 fully saturated rings. The van der Waals surface area contributed by atoms with Gasteiger partial charge in [-0.2, -0.15) is 0 Å². The number of aryl methyl sites for hydroxylation is 2. The second-order valence-corrected chi connectivity index (χ2v) is 5.22. The molecule has 2 aromatic rings. The molecular weight excluding hydrogens is 280 g/mol. The monoisotopic (exact) mass is 300 g/mol. The first-order valence-corrected chi connectivity index (χ1v) is 7.06. The highest BCUT2D eigenvalue weighted by Gasteiger charge is 2.16. The van der Waals surface area contributed by atoms with Crippen LogP contribution in [-0.2, 0) is 18.0 Å². The van der Waals surface area contributed by atoms with Crippen LogP contribution in [0.1, 0.15) is 32.6 Å². The minimum Gasteiger partial charge on any atom is -0.496 e. The van der Waals surface area contributed by atoms with Crippen LogP contribution in [-0.4, -0.2) is 18.2 Å². The molecule has 22 heavy (non-hydrogen) atoms. The molecule has 0 bridgehead atoms. The van der Waals surface area contributed by atoms with Gasteiger partial charge in [-0.3, -0.25) is 0 Å². The van der Waals surface area contributed by atoms with E-state index in [1.54, 1.807) is 18.2 Å². The van der Waals surface area contributed by atoms with Crippen molar-refractivity contribution in [3.8, 4) is 5.75 Å². The summed E-state index contributed by atoms with van der Waals surface area (Å²) >= 11 is 0. The molecule has 0 amide bonds. The first-order chi connectivity index (χ1) is 10.5. The lowest BCUT2D eigenvalue weighted by Gasteiger charge is -2.12. The maximum atomic E-state index is 11.4. The number of aromatic carboxylic acids is 1. The van der Waals surface area contributed by atoms with Gasteiger partial charge in [0, 0.05) is 0 Å². The Balaban J connectivity index is 2.10. The molecule has 116 valence electrons. The lowest BCUT2D eigenvalue weighted by atomic mass is 10.1. The topological polar surface area (TPSA) is 55.8 Å². The molecule has 0 saturated carbocycles. The molecule has 0 aliphatic heterocycles. The molecule has 0 aromatic heterocycles. The number of carboxylic acid groups (broad SMARTS) is 1. The zero-order chi connectivity index (χ0) is 16.1. The maximum Gasteiger partial charge on any atom is 0.339 e. The van der Waals surface area contributed by atoms with E-state index in [9.17, 15) is 9.90 Å². The van der Waals surface area contributed by atoms with Crippen LogP contribution in [0.5, 0.6) is 5.75 Å². The van der Waals surface area contributed by atoms with E-state index in [4.69, 9.17) is 9.47 Å². The van der Waals surface area contributed by atoms with E-state index in [0.29, 0.717) is 17.9 Å². The van der Waals surface area contributed by atoms with Gasteiger partial charge in [0.15, 0.2) is 0 Å². The number of methoxy groups -OCH3 is 1. The highest BCUT2D eigenvalue weighted by Crippen LogP contribution is 2.23.